The number of ether oxygens (including phenoxy) is 1. The minimum atomic E-state index is -0.929. The molecule has 0 spiro atoms. The molecule has 1 aromatic heterocycles. The van der Waals surface area contributed by atoms with E-state index in [1.165, 1.54) is 30.7 Å². The molecular formula is C20H18ClFN4O4. The van der Waals surface area contributed by atoms with Gasteiger partial charge in [-0.05, 0) is 30.5 Å². The van der Waals surface area contributed by atoms with Crippen LogP contribution in [0.2, 0.25) is 5.02 Å². The third kappa shape index (κ3) is 4.12. The van der Waals surface area contributed by atoms with Crippen LogP contribution in [0.5, 0.6) is 5.75 Å². The fourth-order valence-corrected chi connectivity index (χ4v) is 3.86. The van der Waals surface area contributed by atoms with Crippen LogP contribution in [0.4, 0.5) is 4.39 Å². The fourth-order valence-electron chi connectivity index (χ4n) is 3.74. The van der Waals surface area contributed by atoms with Crippen LogP contribution in [-0.4, -0.2) is 45.1 Å². The predicted octanol–water partition coefficient (Wildman–Crippen LogP) is 1.75. The van der Waals surface area contributed by atoms with E-state index in [4.69, 9.17) is 16.3 Å². The van der Waals surface area contributed by atoms with E-state index in [-0.39, 0.29) is 35.4 Å². The highest BCUT2D eigenvalue weighted by Gasteiger charge is 2.50. The molecule has 0 saturated heterocycles. The molecule has 30 heavy (non-hydrogen) atoms. The van der Waals surface area contributed by atoms with Crippen molar-refractivity contribution in [1.29, 1.82) is 0 Å². The van der Waals surface area contributed by atoms with E-state index in [1.807, 2.05) is 0 Å². The van der Waals surface area contributed by atoms with E-state index in [0.717, 1.165) is 11.6 Å². The molecule has 2 amide bonds. The van der Waals surface area contributed by atoms with E-state index < -0.39 is 23.4 Å². The molecule has 3 aliphatic carbocycles. The molecule has 1 heterocycles. The Kier molecular flexibility index (Phi) is 5.40. The lowest BCUT2D eigenvalue weighted by Gasteiger charge is -2.51. The minimum Gasteiger partial charge on any atom is -0.484 e. The number of aliphatic hydroxyl groups is 1. The maximum absolute atomic E-state index is 13.4. The molecule has 2 aromatic rings. The zero-order valence-electron chi connectivity index (χ0n) is 15.7. The van der Waals surface area contributed by atoms with E-state index in [9.17, 15) is 19.1 Å². The van der Waals surface area contributed by atoms with Crippen molar-refractivity contribution in [2.75, 3.05) is 6.61 Å². The lowest BCUT2D eigenvalue weighted by atomic mass is 9.63. The Labute approximate surface area is 176 Å². The SMILES string of the molecule is O=C(COc1ccc(Cl)c(F)c1)NC1=C2CC(NC(=O)c3cnccn3)(C2)C[C@@H]1O. The van der Waals surface area contributed by atoms with Gasteiger partial charge in [0.05, 0.1) is 22.9 Å². The molecule has 2 bridgehead atoms. The fraction of sp³-hybridized carbons (Fsp3) is 0.300. The molecule has 156 valence electrons. The standard InChI is InChI=1S/C20H18ClFN4O4/c21-13-2-1-12(5-14(13)22)30-10-17(28)25-18-11-6-20(7-11,8-16(18)27)26-19(29)15-9-23-3-4-24-15/h1-5,9,16,27H,6-8,10H2,(H,25,28)(H,26,29)/t16-/m0/s1. The summed E-state index contributed by atoms with van der Waals surface area (Å²) in [6.07, 6.45) is 4.67. The number of benzene rings is 1. The molecule has 1 atom stereocenters. The number of carbonyl (C=O) groups is 2. The Morgan fingerprint density at radius 1 is 1.33 bits per heavy atom. The highest BCUT2D eigenvalue weighted by molar-refractivity contribution is 6.30. The number of aromatic nitrogens is 2. The number of hydrogen-bond acceptors (Lipinski definition) is 6. The Hall–Kier alpha value is -3.04. The summed E-state index contributed by atoms with van der Waals surface area (Å²) >= 11 is 5.61. The van der Waals surface area contributed by atoms with Gasteiger partial charge in [-0.3, -0.25) is 14.6 Å². The van der Waals surface area contributed by atoms with Crippen molar-refractivity contribution >= 4 is 23.4 Å². The summed E-state index contributed by atoms with van der Waals surface area (Å²) in [5, 5.41) is 16.0. The van der Waals surface area contributed by atoms with Gasteiger partial charge in [0.2, 0.25) is 0 Å². The van der Waals surface area contributed by atoms with Gasteiger partial charge in [-0.1, -0.05) is 11.6 Å². The topological polar surface area (TPSA) is 113 Å². The second-order valence-corrected chi connectivity index (χ2v) is 7.74. The molecule has 1 fully saturated rings. The monoisotopic (exact) mass is 432 g/mol. The van der Waals surface area contributed by atoms with Crippen LogP contribution in [0.25, 0.3) is 0 Å². The first-order valence-corrected chi connectivity index (χ1v) is 9.59. The van der Waals surface area contributed by atoms with Gasteiger partial charge >= 0.3 is 0 Å². The largest absolute Gasteiger partial charge is 0.484 e. The lowest BCUT2D eigenvalue weighted by molar-refractivity contribution is -0.123. The number of amides is 2. The Morgan fingerprint density at radius 3 is 2.80 bits per heavy atom. The van der Waals surface area contributed by atoms with E-state index in [2.05, 4.69) is 20.6 Å². The first kappa shape index (κ1) is 20.2. The summed E-state index contributed by atoms with van der Waals surface area (Å²) in [6.45, 7) is -0.348. The number of rotatable bonds is 6. The van der Waals surface area contributed by atoms with Gasteiger partial charge in [-0.25, -0.2) is 9.37 Å². The van der Waals surface area contributed by atoms with E-state index in [0.29, 0.717) is 18.5 Å². The van der Waals surface area contributed by atoms with Gasteiger partial charge in [0.15, 0.2) is 6.61 Å². The number of nitrogens with one attached hydrogen (secondary N) is 2. The molecule has 3 aliphatic rings. The summed E-state index contributed by atoms with van der Waals surface area (Å²) in [5.74, 6) is -1.31. The van der Waals surface area contributed by atoms with Crippen molar-refractivity contribution < 1.29 is 23.8 Å². The number of halogens is 2. The third-order valence-corrected chi connectivity index (χ3v) is 5.42. The van der Waals surface area contributed by atoms with Crippen LogP contribution in [0.15, 0.2) is 48.1 Å². The number of nitrogens with zero attached hydrogens (tertiary/aromatic N) is 2. The molecule has 0 radical (unpaired) electrons. The number of aliphatic hydroxyl groups excluding tert-OH is 1. The zero-order chi connectivity index (χ0) is 21.3. The third-order valence-electron chi connectivity index (χ3n) is 5.11. The van der Waals surface area contributed by atoms with E-state index in [1.54, 1.807) is 0 Å². The average molecular weight is 433 g/mol. The van der Waals surface area contributed by atoms with E-state index >= 15 is 0 Å². The molecule has 1 aromatic carbocycles. The van der Waals surface area contributed by atoms with Crippen molar-refractivity contribution in [3.05, 3.63) is 64.6 Å². The highest BCUT2D eigenvalue weighted by Crippen LogP contribution is 2.47. The quantitative estimate of drug-likeness (QED) is 0.641. The van der Waals surface area contributed by atoms with Crippen LogP contribution < -0.4 is 15.4 Å². The molecule has 5 rings (SSSR count). The molecule has 1 saturated carbocycles. The number of fused-ring (bicyclic) bond motifs is 2. The number of carbonyl (C=O) groups excluding carboxylic acids is 2. The van der Waals surface area contributed by atoms with Crippen LogP contribution in [0.3, 0.4) is 0 Å². The molecule has 8 nitrogen and oxygen atoms in total. The van der Waals surface area contributed by atoms with Gasteiger partial charge in [-0.2, -0.15) is 0 Å². The van der Waals surface area contributed by atoms with Crippen LogP contribution in [0.1, 0.15) is 29.8 Å². The van der Waals surface area contributed by atoms with Crippen LogP contribution in [-0.2, 0) is 4.79 Å². The molecule has 3 N–H and O–H groups in total. The molecule has 10 heteroatoms. The highest BCUT2D eigenvalue weighted by atomic mass is 35.5. The van der Waals surface area contributed by atoms with Gasteiger partial charge < -0.3 is 20.5 Å². The zero-order valence-corrected chi connectivity index (χ0v) is 16.4. The molecule has 0 aliphatic heterocycles. The predicted molar refractivity (Wildman–Crippen MR) is 104 cm³/mol. The smallest absolute Gasteiger partial charge is 0.271 e. The summed E-state index contributed by atoms with van der Waals surface area (Å²) in [5.41, 5.74) is 0.934. The minimum absolute atomic E-state index is 0.0380. The first-order chi connectivity index (χ1) is 14.3. The summed E-state index contributed by atoms with van der Waals surface area (Å²) in [7, 11) is 0. The Morgan fingerprint density at radius 2 is 2.13 bits per heavy atom. The van der Waals surface area contributed by atoms with Gasteiger partial charge in [0, 0.05) is 30.6 Å². The van der Waals surface area contributed by atoms with Crippen molar-refractivity contribution in [1.82, 2.24) is 20.6 Å². The van der Waals surface area contributed by atoms with Gasteiger partial charge in [-0.15, -0.1) is 0 Å². The Balaban J connectivity index is 1.34. The maximum Gasteiger partial charge on any atom is 0.271 e. The molecular weight excluding hydrogens is 415 g/mol. The second-order valence-electron chi connectivity index (χ2n) is 7.33. The van der Waals surface area contributed by atoms with Crippen molar-refractivity contribution in [2.24, 2.45) is 0 Å². The summed E-state index contributed by atoms with van der Waals surface area (Å²) < 4.78 is 18.7. The van der Waals surface area contributed by atoms with Crippen LogP contribution in [0, 0.1) is 5.82 Å². The maximum atomic E-state index is 13.4. The van der Waals surface area contributed by atoms with Gasteiger partial charge in [0.25, 0.3) is 11.8 Å². The summed E-state index contributed by atoms with van der Waals surface area (Å²) in [4.78, 5) is 32.4. The van der Waals surface area contributed by atoms with Crippen LogP contribution >= 0.6 is 11.6 Å². The second kappa shape index (κ2) is 8.00. The summed E-state index contributed by atoms with van der Waals surface area (Å²) in [6, 6.07) is 3.88. The van der Waals surface area contributed by atoms with Gasteiger partial charge in [0.1, 0.15) is 17.3 Å². The first-order valence-electron chi connectivity index (χ1n) is 9.21. The lowest BCUT2D eigenvalue weighted by Crippen LogP contribution is -2.61. The number of hydrogen-bond donors (Lipinski definition) is 3. The van der Waals surface area contributed by atoms with Crippen molar-refractivity contribution in [3.63, 3.8) is 0 Å². The molecule has 0 unspecified atom stereocenters. The van der Waals surface area contributed by atoms with Crippen molar-refractivity contribution in [3.8, 4) is 5.75 Å². The van der Waals surface area contributed by atoms with Crippen molar-refractivity contribution in [2.45, 2.75) is 30.9 Å². The normalized spacial score (nSPS) is 22.2. The Bertz CT molecular complexity index is 1020. The average Bonchev–Trinajstić information content (AvgIpc) is 2.70.